The number of hydrogen-bond donors (Lipinski definition) is 1. The molecule has 4 nitrogen and oxygen atoms in total. The third-order valence-corrected chi connectivity index (χ3v) is 4.67. The second-order valence-electron chi connectivity index (χ2n) is 6.63. The number of nitrogens with zero attached hydrogens (tertiary/aromatic N) is 1. The van der Waals surface area contributed by atoms with Gasteiger partial charge in [-0.2, -0.15) is 8.78 Å². The number of ether oxygens (including phenoxy) is 1. The highest BCUT2D eigenvalue weighted by Crippen LogP contribution is 2.23. The molecule has 3 rings (SSSR count). The number of hydrogen-bond acceptors (Lipinski definition) is 3. The Kier molecular flexibility index (Phi) is 6.21. The second kappa shape index (κ2) is 8.80. The molecule has 0 saturated heterocycles. The summed E-state index contributed by atoms with van der Waals surface area (Å²) in [6.07, 6.45) is 0. The van der Waals surface area contributed by atoms with Crippen LogP contribution in [0.25, 0.3) is 10.8 Å². The van der Waals surface area contributed by atoms with Gasteiger partial charge in [0.2, 0.25) is 5.91 Å². The van der Waals surface area contributed by atoms with Crippen molar-refractivity contribution in [3.8, 4) is 5.75 Å². The lowest BCUT2D eigenvalue weighted by Crippen LogP contribution is -2.39. The van der Waals surface area contributed by atoms with Crippen LogP contribution < -0.4 is 10.1 Å². The van der Waals surface area contributed by atoms with E-state index in [9.17, 15) is 13.6 Å². The van der Waals surface area contributed by atoms with Gasteiger partial charge in [-0.05, 0) is 43.1 Å². The molecule has 3 aromatic rings. The molecule has 0 aliphatic carbocycles. The van der Waals surface area contributed by atoms with Gasteiger partial charge >= 0.3 is 6.61 Å². The maximum Gasteiger partial charge on any atom is 0.387 e. The van der Waals surface area contributed by atoms with E-state index in [1.54, 1.807) is 12.1 Å². The highest BCUT2D eigenvalue weighted by molar-refractivity contribution is 6.03. The number of rotatable bonds is 7. The summed E-state index contributed by atoms with van der Waals surface area (Å²) in [6, 6.07) is 19.7. The van der Waals surface area contributed by atoms with Gasteiger partial charge < -0.3 is 10.1 Å². The lowest BCUT2D eigenvalue weighted by molar-refractivity contribution is -0.120. The number of halogens is 2. The normalized spacial score (nSPS) is 12.4. The molecule has 0 aliphatic heterocycles. The predicted octanol–water partition coefficient (Wildman–Crippen LogP) is 4.90. The van der Waals surface area contributed by atoms with E-state index in [2.05, 4.69) is 10.1 Å². The maximum absolute atomic E-state index is 12.7. The Morgan fingerprint density at radius 3 is 2.43 bits per heavy atom. The summed E-state index contributed by atoms with van der Waals surface area (Å²) in [5, 5.41) is 5.05. The molecule has 0 spiro atoms. The molecule has 0 aliphatic rings. The van der Waals surface area contributed by atoms with Crippen molar-refractivity contribution in [2.24, 2.45) is 0 Å². The zero-order valence-corrected chi connectivity index (χ0v) is 15.7. The van der Waals surface area contributed by atoms with Gasteiger partial charge in [0.15, 0.2) is 0 Å². The molecule has 0 heterocycles. The van der Waals surface area contributed by atoms with E-state index in [-0.39, 0.29) is 17.7 Å². The highest BCUT2D eigenvalue weighted by Gasteiger charge is 2.19. The number of fused-ring (bicyclic) bond motifs is 1. The van der Waals surface area contributed by atoms with Crippen LogP contribution in [0.4, 0.5) is 14.5 Å². The summed E-state index contributed by atoms with van der Waals surface area (Å²) in [6.45, 7) is -0.514. The van der Waals surface area contributed by atoms with E-state index in [1.165, 1.54) is 12.1 Å². The van der Waals surface area contributed by atoms with Crippen molar-refractivity contribution < 1.29 is 18.3 Å². The van der Waals surface area contributed by atoms with Crippen LogP contribution >= 0.6 is 0 Å². The van der Waals surface area contributed by atoms with Crippen LogP contribution in [0.3, 0.4) is 0 Å². The molecule has 1 atom stereocenters. The van der Waals surface area contributed by atoms with Gasteiger partial charge in [-0.1, -0.05) is 48.5 Å². The van der Waals surface area contributed by atoms with Gasteiger partial charge in [-0.3, -0.25) is 9.69 Å². The summed E-state index contributed by atoms with van der Waals surface area (Å²) < 4.78 is 28.8. The van der Waals surface area contributed by atoms with Gasteiger partial charge in [0.1, 0.15) is 5.75 Å². The molecule has 0 saturated carbocycles. The van der Waals surface area contributed by atoms with Crippen LogP contribution in [-0.2, 0) is 11.3 Å². The Bertz CT molecular complexity index is 939. The Balaban J connectivity index is 1.64. The fraction of sp³-hybridized carbons (Fsp3) is 0.227. The average molecular weight is 384 g/mol. The van der Waals surface area contributed by atoms with E-state index in [0.29, 0.717) is 6.54 Å². The molecule has 3 aromatic carbocycles. The minimum absolute atomic E-state index is 0.114. The summed E-state index contributed by atoms with van der Waals surface area (Å²) in [4.78, 5) is 14.6. The smallest absolute Gasteiger partial charge is 0.387 e. The number of carbonyl (C=O) groups excluding carboxylic acids is 1. The molecule has 0 unspecified atom stereocenters. The topological polar surface area (TPSA) is 41.6 Å². The molecule has 1 N–H and O–H groups in total. The van der Waals surface area contributed by atoms with Crippen molar-refractivity contribution in [3.63, 3.8) is 0 Å². The van der Waals surface area contributed by atoms with Crippen LogP contribution in [-0.4, -0.2) is 30.5 Å². The minimum Gasteiger partial charge on any atom is -0.435 e. The van der Waals surface area contributed by atoms with Crippen LogP contribution in [0, 0.1) is 0 Å². The van der Waals surface area contributed by atoms with E-state index in [4.69, 9.17) is 0 Å². The fourth-order valence-electron chi connectivity index (χ4n) is 2.97. The number of likely N-dealkylation sites (N-methyl/N-ethyl adjacent to an activating group) is 1. The maximum atomic E-state index is 12.7. The Labute approximate surface area is 162 Å². The van der Waals surface area contributed by atoms with E-state index >= 15 is 0 Å². The fourth-order valence-corrected chi connectivity index (χ4v) is 2.97. The molecule has 1 amide bonds. The molecule has 6 heteroatoms. The summed E-state index contributed by atoms with van der Waals surface area (Å²) in [5.74, 6) is -0.000317. The van der Waals surface area contributed by atoms with Crippen LogP contribution in [0.1, 0.15) is 12.5 Å². The zero-order valence-electron chi connectivity index (χ0n) is 15.7. The molecule has 0 fully saturated rings. The van der Waals surface area contributed by atoms with Crippen molar-refractivity contribution in [2.45, 2.75) is 26.1 Å². The summed E-state index contributed by atoms with van der Waals surface area (Å²) in [5.41, 5.74) is 1.67. The van der Waals surface area contributed by atoms with Gasteiger partial charge in [0, 0.05) is 17.6 Å². The average Bonchev–Trinajstić information content (AvgIpc) is 2.68. The SMILES string of the molecule is C[C@@H](C(=O)Nc1cccc2ccccc12)N(C)Cc1ccc(OC(F)F)cc1. The van der Waals surface area contributed by atoms with Crippen molar-refractivity contribution in [2.75, 3.05) is 12.4 Å². The van der Waals surface area contributed by atoms with Gasteiger partial charge in [0.05, 0.1) is 6.04 Å². The molecular weight excluding hydrogens is 362 g/mol. The zero-order chi connectivity index (χ0) is 20.1. The number of anilines is 1. The number of alkyl halides is 2. The molecular formula is C22H22F2N2O2. The monoisotopic (exact) mass is 384 g/mol. The quantitative estimate of drug-likeness (QED) is 0.630. The van der Waals surface area contributed by atoms with E-state index in [0.717, 1.165) is 22.0 Å². The van der Waals surface area contributed by atoms with E-state index in [1.807, 2.05) is 61.3 Å². The number of benzene rings is 3. The van der Waals surface area contributed by atoms with Gasteiger partial charge in [-0.25, -0.2) is 0 Å². The highest BCUT2D eigenvalue weighted by atomic mass is 19.3. The molecule has 0 aromatic heterocycles. The van der Waals surface area contributed by atoms with Crippen molar-refractivity contribution in [1.82, 2.24) is 4.90 Å². The Morgan fingerprint density at radius 2 is 1.71 bits per heavy atom. The lowest BCUT2D eigenvalue weighted by atomic mass is 10.1. The van der Waals surface area contributed by atoms with Crippen LogP contribution in [0.15, 0.2) is 66.7 Å². The molecule has 0 radical (unpaired) electrons. The third kappa shape index (κ3) is 4.84. The first kappa shape index (κ1) is 19.8. The third-order valence-electron chi connectivity index (χ3n) is 4.67. The van der Waals surface area contributed by atoms with Crippen molar-refractivity contribution in [1.29, 1.82) is 0 Å². The first-order chi connectivity index (χ1) is 13.4. The standard InChI is InChI=1S/C22H22F2N2O2/c1-15(26(2)14-16-10-12-18(13-11-16)28-22(23)24)21(27)25-20-9-5-7-17-6-3-4-8-19(17)20/h3-13,15,22H,14H2,1-2H3,(H,25,27)/t15-/m0/s1. The lowest BCUT2D eigenvalue weighted by Gasteiger charge is -2.24. The Morgan fingerprint density at radius 1 is 1.04 bits per heavy atom. The summed E-state index contributed by atoms with van der Waals surface area (Å²) >= 11 is 0. The molecule has 28 heavy (non-hydrogen) atoms. The number of carbonyl (C=O) groups is 1. The van der Waals surface area contributed by atoms with Crippen molar-refractivity contribution in [3.05, 3.63) is 72.3 Å². The number of nitrogens with one attached hydrogen (secondary N) is 1. The first-order valence-corrected chi connectivity index (χ1v) is 8.96. The van der Waals surface area contributed by atoms with Gasteiger partial charge in [-0.15, -0.1) is 0 Å². The summed E-state index contributed by atoms with van der Waals surface area (Å²) in [7, 11) is 1.84. The van der Waals surface area contributed by atoms with Crippen LogP contribution in [0.5, 0.6) is 5.75 Å². The van der Waals surface area contributed by atoms with E-state index < -0.39 is 6.61 Å². The number of amides is 1. The Hall–Kier alpha value is -2.99. The first-order valence-electron chi connectivity index (χ1n) is 8.96. The van der Waals surface area contributed by atoms with Crippen LogP contribution in [0.2, 0.25) is 0 Å². The largest absolute Gasteiger partial charge is 0.435 e. The molecule has 146 valence electrons. The van der Waals surface area contributed by atoms with Gasteiger partial charge in [0.25, 0.3) is 0 Å². The second-order valence-corrected chi connectivity index (χ2v) is 6.63. The van der Waals surface area contributed by atoms with Crippen molar-refractivity contribution >= 4 is 22.4 Å². The minimum atomic E-state index is -2.84. The molecule has 0 bridgehead atoms. The predicted molar refractivity (Wildman–Crippen MR) is 107 cm³/mol.